The van der Waals surface area contributed by atoms with Gasteiger partial charge in [0.15, 0.2) is 0 Å². The molecule has 0 nitrogen and oxygen atoms in total. The molecule has 0 unspecified atom stereocenters. The van der Waals surface area contributed by atoms with Crippen LogP contribution in [0, 0.1) is 11.8 Å². The Morgan fingerprint density at radius 1 is 1.40 bits per heavy atom. The van der Waals surface area contributed by atoms with Crippen LogP contribution in [0.5, 0.6) is 0 Å². The van der Waals surface area contributed by atoms with Crippen molar-refractivity contribution in [3.8, 4) is 0 Å². The molecule has 58 valence electrons. The van der Waals surface area contributed by atoms with Gasteiger partial charge in [0, 0.05) is 5.25 Å². The summed E-state index contributed by atoms with van der Waals surface area (Å²) >= 11 is 2.09. The van der Waals surface area contributed by atoms with E-state index in [2.05, 4.69) is 44.7 Å². The molecular formula is C9H16S. The Morgan fingerprint density at radius 3 is 2.50 bits per heavy atom. The highest BCUT2D eigenvalue weighted by Crippen LogP contribution is 2.27. The summed E-state index contributed by atoms with van der Waals surface area (Å²) in [5, 5.41) is 0.774. The highest BCUT2D eigenvalue weighted by atomic mass is 32.2. The van der Waals surface area contributed by atoms with Gasteiger partial charge in [-0.3, -0.25) is 0 Å². The van der Waals surface area contributed by atoms with Gasteiger partial charge in [0.2, 0.25) is 0 Å². The van der Waals surface area contributed by atoms with Crippen molar-refractivity contribution in [3.05, 3.63) is 12.2 Å². The normalized spacial score (nSPS) is 33.2. The van der Waals surface area contributed by atoms with Gasteiger partial charge in [-0.1, -0.05) is 32.9 Å². The SMILES string of the molecule is CC(C)[C@@H]1C=C[C@@H](C)CS1. The van der Waals surface area contributed by atoms with E-state index in [1.165, 1.54) is 5.75 Å². The van der Waals surface area contributed by atoms with Crippen LogP contribution >= 0.6 is 11.8 Å². The van der Waals surface area contributed by atoms with Crippen LogP contribution < -0.4 is 0 Å². The molecule has 0 N–H and O–H groups in total. The summed E-state index contributed by atoms with van der Waals surface area (Å²) in [7, 11) is 0. The van der Waals surface area contributed by atoms with Gasteiger partial charge >= 0.3 is 0 Å². The van der Waals surface area contributed by atoms with Crippen LogP contribution in [-0.2, 0) is 0 Å². The van der Waals surface area contributed by atoms with Crippen molar-refractivity contribution in [2.75, 3.05) is 5.75 Å². The van der Waals surface area contributed by atoms with Crippen molar-refractivity contribution >= 4 is 11.8 Å². The molecule has 0 aromatic heterocycles. The van der Waals surface area contributed by atoms with Gasteiger partial charge < -0.3 is 0 Å². The Balaban J connectivity index is 2.45. The van der Waals surface area contributed by atoms with Crippen molar-refractivity contribution in [2.24, 2.45) is 11.8 Å². The molecule has 0 fully saturated rings. The van der Waals surface area contributed by atoms with Crippen LogP contribution in [0.4, 0.5) is 0 Å². The molecule has 0 spiro atoms. The molecule has 0 saturated heterocycles. The molecule has 0 radical (unpaired) electrons. The third kappa shape index (κ3) is 2.05. The molecule has 0 amide bonds. The molecule has 0 bridgehead atoms. The Hall–Kier alpha value is 0.0900. The average molecular weight is 156 g/mol. The van der Waals surface area contributed by atoms with Crippen LogP contribution in [-0.4, -0.2) is 11.0 Å². The van der Waals surface area contributed by atoms with Crippen LogP contribution in [0.25, 0.3) is 0 Å². The standard InChI is InChI=1S/C9H16S/c1-7(2)9-5-4-8(3)6-10-9/h4-5,7-9H,6H2,1-3H3/t8-,9+/m1/s1. The summed E-state index contributed by atoms with van der Waals surface area (Å²) in [4.78, 5) is 0. The monoisotopic (exact) mass is 156 g/mol. The summed E-state index contributed by atoms with van der Waals surface area (Å²) in [6, 6.07) is 0. The molecule has 1 heteroatoms. The van der Waals surface area contributed by atoms with E-state index >= 15 is 0 Å². The van der Waals surface area contributed by atoms with Crippen LogP contribution in [0.3, 0.4) is 0 Å². The first-order chi connectivity index (χ1) is 4.70. The van der Waals surface area contributed by atoms with Crippen molar-refractivity contribution in [1.29, 1.82) is 0 Å². The molecule has 1 rings (SSSR count). The molecule has 0 saturated carbocycles. The Labute approximate surface area is 68.1 Å². The first kappa shape index (κ1) is 8.19. The summed E-state index contributed by atoms with van der Waals surface area (Å²) in [5.74, 6) is 2.90. The summed E-state index contributed by atoms with van der Waals surface area (Å²) in [5.41, 5.74) is 0. The van der Waals surface area contributed by atoms with Crippen LogP contribution in [0.2, 0.25) is 0 Å². The largest absolute Gasteiger partial charge is 0.154 e. The number of thioether (sulfide) groups is 1. The van der Waals surface area contributed by atoms with Gasteiger partial charge in [-0.05, 0) is 17.6 Å². The Kier molecular flexibility index (Phi) is 2.84. The summed E-state index contributed by atoms with van der Waals surface area (Å²) < 4.78 is 0. The minimum absolute atomic E-state index is 0.774. The minimum atomic E-state index is 0.774. The van der Waals surface area contributed by atoms with E-state index in [4.69, 9.17) is 0 Å². The van der Waals surface area contributed by atoms with Gasteiger partial charge in [-0.2, -0.15) is 11.8 Å². The number of hydrogen-bond acceptors (Lipinski definition) is 1. The van der Waals surface area contributed by atoms with Gasteiger partial charge in [0.25, 0.3) is 0 Å². The van der Waals surface area contributed by atoms with Crippen molar-refractivity contribution in [1.82, 2.24) is 0 Å². The average Bonchev–Trinajstić information content (AvgIpc) is 1.88. The van der Waals surface area contributed by atoms with E-state index in [-0.39, 0.29) is 0 Å². The van der Waals surface area contributed by atoms with E-state index in [0.29, 0.717) is 0 Å². The highest BCUT2D eigenvalue weighted by Gasteiger charge is 2.15. The maximum Gasteiger partial charge on any atom is 0.0250 e. The second kappa shape index (κ2) is 3.47. The summed E-state index contributed by atoms with van der Waals surface area (Å²) in [6.07, 6.45) is 4.71. The number of allylic oxidation sites excluding steroid dienone is 1. The van der Waals surface area contributed by atoms with Crippen molar-refractivity contribution in [3.63, 3.8) is 0 Å². The smallest absolute Gasteiger partial charge is 0.0250 e. The quantitative estimate of drug-likeness (QED) is 0.526. The zero-order chi connectivity index (χ0) is 7.56. The number of hydrogen-bond donors (Lipinski definition) is 0. The molecule has 0 aliphatic carbocycles. The molecule has 1 aliphatic rings. The van der Waals surface area contributed by atoms with E-state index in [1.807, 2.05) is 0 Å². The second-order valence-electron chi connectivity index (χ2n) is 3.40. The van der Waals surface area contributed by atoms with Gasteiger partial charge in [0.1, 0.15) is 0 Å². The third-order valence-electron chi connectivity index (χ3n) is 1.84. The Bertz CT molecular complexity index is 127. The molecule has 0 aromatic rings. The van der Waals surface area contributed by atoms with Gasteiger partial charge in [-0.25, -0.2) is 0 Å². The lowest BCUT2D eigenvalue weighted by Crippen LogP contribution is -2.14. The lowest BCUT2D eigenvalue weighted by atomic mass is 10.1. The fourth-order valence-electron chi connectivity index (χ4n) is 1.09. The van der Waals surface area contributed by atoms with Crippen molar-refractivity contribution < 1.29 is 0 Å². The predicted molar refractivity (Wildman–Crippen MR) is 49.4 cm³/mol. The maximum atomic E-state index is 2.36. The highest BCUT2D eigenvalue weighted by molar-refractivity contribution is 8.00. The van der Waals surface area contributed by atoms with E-state index in [1.54, 1.807) is 0 Å². The molecule has 1 heterocycles. The van der Waals surface area contributed by atoms with E-state index < -0.39 is 0 Å². The maximum absolute atomic E-state index is 2.36. The predicted octanol–water partition coefficient (Wildman–Crippen LogP) is 2.95. The molecule has 2 atom stereocenters. The molecule has 0 aromatic carbocycles. The zero-order valence-electron chi connectivity index (χ0n) is 7.00. The molecule has 1 aliphatic heterocycles. The Morgan fingerprint density at radius 2 is 2.10 bits per heavy atom. The lowest BCUT2D eigenvalue weighted by Gasteiger charge is -2.22. The summed E-state index contributed by atoms with van der Waals surface area (Å²) in [6.45, 7) is 6.86. The van der Waals surface area contributed by atoms with E-state index in [0.717, 1.165) is 17.1 Å². The topological polar surface area (TPSA) is 0 Å². The van der Waals surface area contributed by atoms with E-state index in [9.17, 15) is 0 Å². The van der Waals surface area contributed by atoms with Crippen LogP contribution in [0.1, 0.15) is 20.8 Å². The minimum Gasteiger partial charge on any atom is -0.154 e. The van der Waals surface area contributed by atoms with Gasteiger partial charge in [0.05, 0.1) is 0 Å². The molecular weight excluding hydrogens is 140 g/mol. The first-order valence-corrected chi connectivity index (χ1v) is 5.05. The number of rotatable bonds is 1. The van der Waals surface area contributed by atoms with Crippen molar-refractivity contribution in [2.45, 2.75) is 26.0 Å². The fraction of sp³-hybridized carbons (Fsp3) is 0.778. The zero-order valence-corrected chi connectivity index (χ0v) is 7.82. The van der Waals surface area contributed by atoms with Gasteiger partial charge in [-0.15, -0.1) is 0 Å². The lowest BCUT2D eigenvalue weighted by molar-refractivity contribution is 0.663. The molecule has 10 heavy (non-hydrogen) atoms. The second-order valence-corrected chi connectivity index (χ2v) is 4.62. The third-order valence-corrected chi connectivity index (χ3v) is 3.64. The van der Waals surface area contributed by atoms with Crippen LogP contribution in [0.15, 0.2) is 12.2 Å². The fourth-order valence-corrected chi connectivity index (χ4v) is 2.31. The first-order valence-electron chi connectivity index (χ1n) is 4.00.